The van der Waals surface area contributed by atoms with E-state index in [0.717, 1.165) is 11.4 Å². The van der Waals surface area contributed by atoms with E-state index in [2.05, 4.69) is 195 Å². The third-order valence-corrected chi connectivity index (χ3v) is 10.2. The van der Waals surface area contributed by atoms with Gasteiger partial charge in [0.1, 0.15) is 0 Å². The molecular weight excluding hydrogens is 579 g/mol. The molecule has 0 aliphatic heterocycles. The number of benzene rings is 8. The van der Waals surface area contributed by atoms with Crippen LogP contribution in [0.2, 0.25) is 0 Å². The number of hydrogen-bond acceptors (Lipinski definition) is 1. The molecule has 0 radical (unpaired) electrons. The topological polar surface area (TPSA) is 3.24 Å². The number of hydrogen-bond donors (Lipinski definition) is 0. The van der Waals surface area contributed by atoms with E-state index in [9.17, 15) is 0 Å². The van der Waals surface area contributed by atoms with Crippen molar-refractivity contribution in [2.45, 2.75) is 19.3 Å². The average Bonchev–Trinajstić information content (AvgIpc) is 3.38. The van der Waals surface area contributed by atoms with E-state index in [1.165, 1.54) is 71.7 Å². The number of anilines is 3. The fourth-order valence-corrected chi connectivity index (χ4v) is 7.81. The van der Waals surface area contributed by atoms with E-state index in [4.69, 9.17) is 0 Å². The van der Waals surface area contributed by atoms with Crippen LogP contribution < -0.4 is 4.90 Å². The minimum atomic E-state index is -0.111. The summed E-state index contributed by atoms with van der Waals surface area (Å²) in [6.45, 7) is 4.72. The zero-order valence-corrected chi connectivity index (χ0v) is 27.2. The fraction of sp³-hybridized carbons (Fsp3) is 0.0638. The molecule has 8 aromatic rings. The Morgan fingerprint density at radius 1 is 0.375 bits per heavy atom. The third kappa shape index (κ3) is 4.54. The summed E-state index contributed by atoms with van der Waals surface area (Å²) in [5, 5.41) is 4.98. The highest BCUT2D eigenvalue weighted by Crippen LogP contribution is 2.51. The molecule has 228 valence electrons. The smallest absolute Gasteiger partial charge is 0.0546 e. The van der Waals surface area contributed by atoms with Crippen molar-refractivity contribution < 1.29 is 0 Å². The van der Waals surface area contributed by atoms with E-state index in [0.29, 0.717) is 0 Å². The van der Waals surface area contributed by atoms with Gasteiger partial charge >= 0.3 is 0 Å². The summed E-state index contributed by atoms with van der Waals surface area (Å²) in [6, 6.07) is 64.5. The van der Waals surface area contributed by atoms with E-state index >= 15 is 0 Å². The van der Waals surface area contributed by atoms with Crippen LogP contribution >= 0.6 is 0 Å². The second-order valence-electron chi connectivity index (χ2n) is 13.4. The Morgan fingerprint density at radius 3 is 1.65 bits per heavy atom. The Morgan fingerprint density at radius 2 is 0.938 bits per heavy atom. The second-order valence-corrected chi connectivity index (χ2v) is 13.4. The van der Waals surface area contributed by atoms with Crippen LogP contribution in [0.25, 0.3) is 54.9 Å². The van der Waals surface area contributed by atoms with Crippen molar-refractivity contribution in [1.29, 1.82) is 0 Å². The van der Waals surface area contributed by atoms with Gasteiger partial charge < -0.3 is 4.90 Å². The molecular formula is C47H35N. The lowest BCUT2D eigenvalue weighted by atomic mass is 9.82. The van der Waals surface area contributed by atoms with E-state index in [1.54, 1.807) is 0 Å². The minimum absolute atomic E-state index is 0.111. The highest BCUT2D eigenvalue weighted by Gasteiger charge is 2.36. The van der Waals surface area contributed by atoms with Crippen molar-refractivity contribution in [3.63, 3.8) is 0 Å². The summed E-state index contributed by atoms with van der Waals surface area (Å²) >= 11 is 0. The van der Waals surface area contributed by atoms with Gasteiger partial charge in [0.2, 0.25) is 0 Å². The lowest BCUT2D eigenvalue weighted by Gasteiger charge is -2.30. The van der Waals surface area contributed by atoms with Gasteiger partial charge in [-0.25, -0.2) is 0 Å². The first-order valence-electron chi connectivity index (χ1n) is 16.8. The summed E-state index contributed by atoms with van der Waals surface area (Å²) < 4.78 is 0. The van der Waals surface area contributed by atoms with Crippen LogP contribution in [0.5, 0.6) is 0 Å². The van der Waals surface area contributed by atoms with Crippen molar-refractivity contribution >= 4 is 38.6 Å². The maximum absolute atomic E-state index is 2.49. The second kappa shape index (κ2) is 11.1. The van der Waals surface area contributed by atoms with Crippen molar-refractivity contribution in [3.05, 3.63) is 187 Å². The fourth-order valence-electron chi connectivity index (χ4n) is 7.81. The third-order valence-electron chi connectivity index (χ3n) is 10.2. The molecule has 0 saturated carbocycles. The molecule has 0 heterocycles. The lowest BCUT2D eigenvalue weighted by Crippen LogP contribution is -2.16. The molecule has 0 N–H and O–H groups in total. The van der Waals surface area contributed by atoms with Crippen LogP contribution in [0.3, 0.4) is 0 Å². The molecule has 8 aromatic carbocycles. The summed E-state index contributed by atoms with van der Waals surface area (Å²) in [7, 11) is 0. The number of rotatable bonds is 5. The lowest BCUT2D eigenvalue weighted by molar-refractivity contribution is 0.660. The van der Waals surface area contributed by atoms with Gasteiger partial charge in [0.15, 0.2) is 0 Å². The Balaban J connectivity index is 1.36. The molecule has 0 bridgehead atoms. The van der Waals surface area contributed by atoms with Crippen LogP contribution in [0.4, 0.5) is 17.1 Å². The first-order chi connectivity index (χ1) is 23.6. The van der Waals surface area contributed by atoms with E-state index in [1.807, 2.05) is 0 Å². The Labute approximate surface area is 282 Å². The molecule has 1 aliphatic rings. The predicted octanol–water partition coefficient (Wildman–Crippen LogP) is 13.1. The summed E-state index contributed by atoms with van der Waals surface area (Å²) in [6.07, 6.45) is 0. The molecule has 9 rings (SSSR count). The standard InChI is InChI=1S/C47H35N/c1-47(2)44-24-14-13-22-41(44)42-26-25-37(31-45(42)47)48(46-30-34-19-9-10-20-39(34)40-21-11-12-23-43(40)46)38-28-35(32-15-5-3-6-16-32)27-36(29-38)33-17-7-4-8-18-33/h3-31H,1-2H3. The van der Waals surface area contributed by atoms with Gasteiger partial charge in [-0.2, -0.15) is 0 Å². The van der Waals surface area contributed by atoms with Crippen LogP contribution in [0.1, 0.15) is 25.0 Å². The van der Waals surface area contributed by atoms with Crippen LogP contribution in [0.15, 0.2) is 176 Å². The van der Waals surface area contributed by atoms with Crippen molar-refractivity contribution in [1.82, 2.24) is 0 Å². The van der Waals surface area contributed by atoms with Gasteiger partial charge in [0.05, 0.1) is 5.69 Å². The molecule has 48 heavy (non-hydrogen) atoms. The monoisotopic (exact) mass is 613 g/mol. The van der Waals surface area contributed by atoms with Crippen LogP contribution in [-0.2, 0) is 5.41 Å². The molecule has 0 aromatic heterocycles. The molecule has 1 nitrogen and oxygen atoms in total. The van der Waals surface area contributed by atoms with Gasteiger partial charge in [-0.1, -0.05) is 153 Å². The molecule has 0 saturated heterocycles. The number of nitrogens with zero attached hydrogens (tertiary/aromatic N) is 1. The zero-order chi connectivity index (χ0) is 32.2. The summed E-state index contributed by atoms with van der Waals surface area (Å²) in [5.41, 5.74) is 13.5. The van der Waals surface area contributed by atoms with Gasteiger partial charge in [-0.15, -0.1) is 0 Å². The highest BCUT2D eigenvalue weighted by molar-refractivity contribution is 6.14. The van der Waals surface area contributed by atoms with Crippen LogP contribution in [0, 0.1) is 0 Å². The molecule has 0 fully saturated rings. The Hall–Kier alpha value is -5.92. The zero-order valence-electron chi connectivity index (χ0n) is 27.2. The van der Waals surface area contributed by atoms with Gasteiger partial charge in [0.25, 0.3) is 0 Å². The van der Waals surface area contributed by atoms with Gasteiger partial charge in [0, 0.05) is 22.2 Å². The predicted molar refractivity (Wildman–Crippen MR) is 205 cm³/mol. The average molecular weight is 614 g/mol. The molecule has 0 amide bonds. The first-order valence-corrected chi connectivity index (χ1v) is 16.8. The normalized spacial score (nSPS) is 13.0. The SMILES string of the molecule is CC1(C)c2ccccc2-c2ccc(N(c3cc(-c4ccccc4)cc(-c4ccccc4)c3)c3cc4ccccc4c4ccccc34)cc21. The molecule has 0 unspecified atom stereocenters. The van der Waals surface area contributed by atoms with Crippen molar-refractivity contribution in [2.24, 2.45) is 0 Å². The van der Waals surface area contributed by atoms with Gasteiger partial charge in [-0.3, -0.25) is 0 Å². The summed E-state index contributed by atoms with van der Waals surface area (Å²) in [4.78, 5) is 2.49. The maximum atomic E-state index is 2.49. The maximum Gasteiger partial charge on any atom is 0.0546 e. The molecule has 0 atom stereocenters. The van der Waals surface area contributed by atoms with Crippen molar-refractivity contribution in [2.75, 3.05) is 4.90 Å². The largest absolute Gasteiger partial charge is 0.310 e. The Bertz CT molecular complexity index is 2420. The number of fused-ring (bicyclic) bond motifs is 6. The Kier molecular flexibility index (Phi) is 6.55. The van der Waals surface area contributed by atoms with Crippen molar-refractivity contribution in [3.8, 4) is 33.4 Å². The van der Waals surface area contributed by atoms with E-state index in [-0.39, 0.29) is 5.41 Å². The minimum Gasteiger partial charge on any atom is -0.310 e. The van der Waals surface area contributed by atoms with Crippen LogP contribution in [-0.4, -0.2) is 0 Å². The highest BCUT2D eigenvalue weighted by atomic mass is 15.1. The molecule has 0 spiro atoms. The summed E-state index contributed by atoms with van der Waals surface area (Å²) in [5.74, 6) is 0. The molecule has 1 aliphatic carbocycles. The van der Waals surface area contributed by atoms with E-state index < -0.39 is 0 Å². The first kappa shape index (κ1) is 28.3. The molecule has 1 heteroatoms. The quantitative estimate of drug-likeness (QED) is 0.175. The van der Waals surface area contributed by atoms with Gasteiger partial charge in [-0.05, 0) is 97.1 Å².